The van der Waals surface area contributed by atoms with Crippen LogP contribution in [0.4, 0.5) is 0 Å². The van der Waals surface area contributed by atoms with Gasteiger partial charge in [0.2, 0.25) is 0 Å². The molecule has 0 radical (unpaired) electrons. The second kappa shape index (κ2) is 16.3. The maximum absolute atomic E-state index is 11.5. The second-order valence-corrected chi connectivity index (χ2v) is 9.43. The number of unbranched alkanes of at least 4 members (excludes halogenated alkanes) is 11. The minimum atomic E-state index is -3.73. The summed E-state index contributed by atoms with van der Waals surface area (Å²) in [4.78, 5) is 11.5. The van der Waals surface area contributed by atoms with Gasteiger partial charge < -0.3 is 4.18 Å². The Bertz CT molecular complexity index is 466. The molecule has 0 amide bonds. The van der Waals surface area contributed by atoms with Crippen LogP contribution in [-0.4, -0.2) is 19.6 Å². The van der Waals surface area contributed by atoms with Crippen molar-refractivity contribution < 1.29 is 17.4 Å². The predicted octanol–water partition coefficient (Wildman–Crippen LogP) is 6.31. The Kier molecular flexibility index (Phi) is 15.8. The zero-order valence-corrected chi connectivity index (χ0v) is 18.0. The molecule has 0 saturated heterocycles. The van der Waals surface area contributed by atoms with Gasteiger partial charge in [0, 0.05) is 6.42 Å². The van der Waals surface area contributed by atoms with E-state index in [4.69, 9.17) is 0 Å². The molecule has 0 atom stereocenters. The Hall–Kier alpha value is -0.840. The molecule has 0 aromatic carbocycles. The fraction of sp³-hybridized carbons (Fsp3) is 0.857. The molecule has 0 fully saturated rings. The summed E-state index contributed by atoms with van der Waals surface area (Å²) in [6.07, 6.45) is 20.3. The normalized spacial score (nSPS) is 12.2. The zero-order chi connectivity index (χ0) is 19.7. The number of hydrogen-bond donors (Lipinski definition) is 0. The van der Waals surface area contributed by atoms with Crippen LogP contribution in [0.2, 0.25) is 0 Å². The maximum Gasteiger partial charge on any atom is 0.322 e. The van der Waals surface area contributed by atoms with Crippen LogP contribution in [0.15, 0.2) is 12.2 Å². The van der Waals surface area contributed by atoms with Crippen molar-refractivity contribution in [2.45, 2.75) is 116 Å². The van der Waals surface area contributed by atoms with Gasteiger partial charge in [0.1, 0.15) is 0 Å². The van der Waals surface area contributed by atoms with E-state index in [0.29, 0.717) is 6.42 Å². The van der Waals surface area contributed by atoms with Crippen molar-refractivity contribution in [1.82, 2.24) is 0 Å². The number of allylic oxidation sites excluding steroid dienone is 2. The lowest BCUT2D eigenvalue weighted by Crippen LogP contribution is -2.20. The van der Waals surface area contributed by atoms with Crippen molar-refractivity contribution >= 4 is 16.1 Å². The molecular formula is C21H40O4S. The van der Waals surface area contributed by atoms with E-state index in [1.165, 1.54) is 65.2 Å². The Morgan fingerprint density at radius 3 is 1.77 bits per heavy atom. The number of carbonyl (C=O) groups is 1. The Morgan fingerprint density at radius 1 is 0.808 bits per heavy atom. The molecule has 5 heteroatoms. The molecule has 0 bridgehead atoms. The fourth-order valence-corrected chi connectivity index (χ4v) is 3.14. The van der Waals surface area contributed by atoms with Gasteiger partial charge in [-0.1, -0.05) is 70.4 Å². The predicted molar refractivity (Wildman–Crippen MR) is 110 cm³/mol. The van der Waals surface area contributed by atoms with Gasteiger partial charge in [0.05, 0.1) is 5.25 Å². The third kappa shape index (κ3) is 15.4. The second-order valence-electron chi connectivity index (χ2n) is 7.33. The van der Waals surface area contributed by atoms with Crippen LogP contribution in [-0.2, 0) is 19.1 Å². The molecule has 0 aliphatic carbocycles. The number of carbonyl (C=O) groups excluding carboxylic acids is 1. The summed E-state index contributed by atoms with van der Waals surface area (Å²) in [6, 6.07) is 0. The van der Waals surface area contributed by atoms with Crippen LogP contribution < -0.4 is 0 Å². The lowest BCUT2D eigenvalue weighted by molar-refractivity contribution is -0.134. The molecule has 0 rings (SSSR count). The lowest BCUT2D eigenvalue weighted by Gasteiger charge is -2.07. The van der Waals surface area contributed by atoms with Gasteiger partial charge >= 0.3 is 16.1 Å². The van der Waals surface area contributed by atoms with Crippen molar-refractivity contribution in [3.8, 4) is 0 Å². The Labute approximate surface area is 161 Å². The third-order valence-electron chi connectivity index (χ3n) is 4.43. The molecule has 26 heavy (non-hydrogen) atoms. The fourth-order valence-electron chi connectivity index (χ4n) is 2.61. The minimum absolute atomic E-state index is 0.185. The summed E-state index contributed by atoms with van der Waals surface area (Å²) in [7, 11) is -3.73. The first-order valence-corrected chi connectivity index (χ1v) is 12.0. The van der Waals surface area contributed by atoms with Crippen LogP contribution in [0, 0.1) is 0 Å². The Balaban J connectivity index is 3.41. The summed E-state index contributed by atoms with van der Waals surface area (Å²) >= 11 is 0. The van der Waals surface area contributed by atoms with Crippen LogP contribution >= 0.6 is 0 Å². The molecule has 0 aromatic heterocycles. The maximum atomic E-state index is 11.5. The monoisotopic (exact) mass is 388 g/mol. The van der Waals surface area contributed by atoms with E-state index < -0.39 is 21.3 Å². The highest BCUT2D eigenvalue weighted by molar-refractivity contribution is 7.87. The summed E-state index contributed by atoms with van der Waals surface area (Å²) in [5.41, 5.74) is 0. The average molecular weight is 389 g/mol. The van der Waals surface area contributed by atoms with Gasteiger partial charge in [0.25, 0.3) is 0 Å². The van der Waals surface area contributed by atoms with Crippen LogP contribution in [0.5, 0.6) is 0 Å². The average Bonchev–Trinajstić information content (AvgIpc) is 2.57. The molecule has 0 unspecified atom stereocenters. The lowest BCUT2D eigenvalue weighted by atomic mass is 10.1. The van der Waals surface area contributed by atoms with Crippen LogP contribution in [0.25, 0.3) is 0 Å². The van der Waals surface area contributed by atoms with E-state index >= 15 is 0 Å². The van der Waals surface area contributed by atoms with Gasteiger partial charge in [-0.05, 0) is 46.0 Å². The summed E-state index contributed by atoms with van der Waals surface area (Å²) in [5.74, 6) is -0.628. The van der Waals surface area contributed by atoms with E-state index in [-0.39, 0.29) is 6.42 Å². The number of rotatable bonds is 17. The van der Waals surface area contributed by atoms with Crippen molar-refractivity contribution in [2.75, 3.05) is 0 Å². The smallest absolute Gasteiger partial charge is 0.322 e. The zero-order valence-electron chi connectivity index (χ0n) is 17.2. The van der Waals surface area contributed by atoms with Crippen molar-refractivity contribution in [3.63, 3.8) is 0 Å². The number of hydrogen-bond acceptors (Lipinski definition) is 4. The molecule has 4 nitrogen and oxygen atoms in total. The van der Waals surface area contributed by atoms with Crippen molar-refractivity contribution in [1.29, 1.82) is 0 Å². The molecule has 154 valence electrons. The van der Waals surface area contributed by atoms with Gasteiger partial charge in [-0.15, -0.1) is 0 Å². The van der Waals surface area contributed by atoms with Crippen LogP contribution in [0.3, 0.4) is 0 Å². The van der Waals surface area contributed by atoms with Gasteiger partial charge in [-0.25, -0.2) is 0 Å². The molecule has 0 N–H and O–H groups in total. The van der Waals surface area contributed by atoms with E-state index in [1.807, 2.05) is 0 Å². The first-order chi connectivity index (χ1) is 12.4. The highest BCUT2D eigenvalue weighted by atomic mass is 32.2. The summed E-state index contributed by atoms with van der Waals surface area (Å²) in [6.45, 7) is 5.26. The largest absolute Gasteiger partial charge is 0.346 e. The minimum Gasteiger partial charge on any atom is -0.346 e. The molecular weight excluding hydrogens is 348 g/mol. The standard InChI is InChI=1S/C21H40O4S/c1-4-5-6-7-8-9-10-11-12-13-14-15-16-17-18-19-21(22)25-26(23,24)20(2)3/h11-12,20H,4-10,13-19H2,1-3H3/b12-11-. The molecule has 0 aromatic rings. The van der Waals surface area contributed by atoms with Gasteiger partial charge in [-0.3, -0.25) is 4.79 Å². The molecule has 0 aliphatic heterocycles. The Morgan fingerprint density at radius 2 is 1.27 bits per heavy atom. The quantitative estimate of drug-likeness (QED) is 0.166. The van der Waals surface area contributed by atoms with Crippen molar-refractivity contribution in [3.05, 3.63) is 12.2 Å². The first kappa shape index (κ1) is 25.2. The van der Waals surface area contributed by atoms with E-state index in [1.54, 1.807) is 0 Å². The highest BCUT2D eigenvalue weighted by Crippen LogP contribution is 2.11. The van der Waals surface area contributed by atoms with Crippen molar-refractivity contribution in [2.24, 2.45) is 0 Å². The first-order valence-electron chi connectivity index (χ1n) is 10.5. The summed E-state index contributed by atoms with van der Waals surface area (Å²) < 4.78 is 27.4. The van der Waals surface area contributed by atoms with Gasteiger partial charge in [-0.2, -0.15) is 8.42 Å². The molecule has 0 spiro atoms. The van der Waals surface area contributed by atoms with E-state index in [9.17, 15) is 13.2 Å². The van der Waals surface area contributed by atoms with Crippen LogP contribution in [0.1, 0.15) is 111 Å². The van der Waals surface area contributed by atoms with E-state index in [2.05, 4.69) is 23.3 Å². The van der Waals surface area contributed by atoms with E-state index in [0.717, 1.165) is 25.7 Å². The molecule has 0 aliphatic rings. The topological polar surface area (TPSA) is 60.4 Å². The third-order valence-corrected chi connectivity index (χ3v) is 6.00. The highest BCUT2D eigenvalue weighted by Gasteiger charge is 2.20. The van der Waals surface area contributed by atoms with Gasteiger partial charge in [0.15, 0.2) is 0 Å². The summed E-state index contributed by atoms with van der Waals surface area (Å²) in [5, 5.41) is -0.680. The molecule has 0 heterocycles. The SMILES string of the molecule is CCCCCCCC/C=C\CCCCCCCC(=O)OS(=O)(=O)C(C)C. The molecule has 0 saturated carbocycles.